The van der Waals surface area contributed by atoms with E-state index in [-0.39, 0.29) is 22.7 Å². The molecule has 1 unspecified atom stereocenters. The lowest BCUT2D eigenvalue weighted by Crippen LogP contribution is -2.30. The molecule has 0 aromatic carbocycles. The molecule has 1 aliphatic rings. The van der Waals surface area contributed by atoms with Crippen LogP contribution in [0, 0.1) is 22.7 Å². The lowest BCUT2D eigenvalue weighted by Gasteiger charge is -2.08. The minimum atomic E-state index is -0.814. The molecule has 0 heterocycles. The standard InChI is InChI=1S/C13H23NO3/c1-8(11(16)17)6-7-14-10(15)9-12(2,3)13(9,4)5/h8-9H,6-7H2,1-5H3,(H,14,15)(H,16,17). The largest absolute Gasteiger partial charge is 0.481 e. The zero-order valence-electron chi connectivity index (χ0n) is 11.3. The van der Waals surface area contributed by atoms with Crippen LogP contribution >= 0.6 is 0 Å². The Kier molecular flexibility index (Phi) is 3.55. The number of amides is 1. The Bertz CT molecular complexity index is 320. The summed E-state index contributed by atoms with van der Waals surface area (Å²) in [7, 11) is 0. The third-order valence-electron chi connectivity index (χ3n) is 4.58. The molecule has 1 fully saturated rings. The molecule has 4 nitrogen and oxygen atoms in total. The first-order valence-electron chi connectivity index (χ1n) is 6.13. The number of carboxylic acid groups (broad SMARTS) is 1. The van der Waals surface area contributed by atoms with Gasteiger partial charge in [-0.2, -0.15) is 0 Å². The van der Waals surface area contributed by atoms with Crippen LogP contribution in [0.1, 0.15) is 41.0 Å². The Morgan fingerprint density at radius 1 is 1.24 bits per heavy atom. The van der Waals surface area contributed by atoms with Crippen molar-refractivity contribution in [2.75, 3.05) is 6.54 Å². The van der Waals surface area contributed by atoms with E-state index in [2.05, 4.69) is 33.0 Å². The quantitative estimate of drug-likeness (QED) is 0.772. The van der Waals surface area contributed by atoms with Crippen molar-refractivity contribution in [1.82, 2.24) is 5.32 Å². The lowest BCUT2D eigenvalue weighted by molar-refractivity contribution is -0.141. The van der Waals surface area contributed by atoms with Crippen LogP contribution in [0.4, 0.5) is 0 Å². The van der Waals surface area contributed by atoms with Gasteiger partial charge in [0, 0.05) is 12.5 Å². The van der Waals surface area contributed by atoms with Crippen molar-refractivity contribution in [1.29, 1.82) is 0 Å². The fourth-order valence-electron chi connectivity index (χ4n) is 2.49. The van der Waals surface area contributed by atoms with Crippen molar-refractivity contribution in [2.45, 2.75) is 41.0 Å². The van der Waals surface area contributed by atoms with Gasteiger partial charge in [0.15, 0.2) is 0 Å². The molecule has 1 aliphatic carbocycles. The monoisotopic (exact) mass is 241 g/mol. The maximum atomic E-state index is 11.9. The van der Waals surface area contributed by atoms with Crippen molar-refractivity contribution >= 4 is 11.9 Å². The maximum Gasteiger partial charge on any atom is 0.306 e. The summed E-state index contributed by atoms with van der Waals surface area (Å²) in [6.07, 6.45) is 0.481. The first kappa shape index (κ1) is 14.0. The number of carboxylic acids is 1. The van der Waals surface area contributed by atoms with Gasteiger partial charge in [-0.15, -0.1) is 0 Å². The van der Waals surface area contributed by atoms with Crippen LogP contribution in [0.2, 0.25) is 0 Å². The molecule has 4 heteroatoms. The highest BCUT2D eigenvalue weighted by Gasteiger charge is 2.68. The summed E-state index contributed by atoms with van der Waals surface area (Å²) in [5.74, 6) is -1.13. The summed E-state index contributed by atoms with van der Waals surface area (Å²) >= 11 is 0. The second kappa shape index (κ2) is 4.31. The van der Waals surface area contributed by atoms with Gasteiger partial charge in [-0.3, -0.25) is 9.59 Å². The van der Waals surface area contributed by atoms with E-state index >= 15 is 0 Å². The van der Waals surface area contributed by atoms with Crippen molar-refractivity contribution in [2.24, 2.45) is 22.7 Å². The van der Waals surface area contributed by atoms with Crippen LogP contribution in [0.3, 0.4) is 0 Å². The van der Waals surface area contributed by atoms with Crippen molar-refractivity contribution in [3.05, 3.63) is 0 Å². The number of rotatable bonds is 5. The molecule has 17 heavy (non-hydrogen) atoms. The topological polar surface area (TPSA) is 66.4 Å². The van der Waals surface area contributed by atoms with Crippen LogP contribution in [0.15, 0.2) is 0 Å². The molecule has 2 N–H and O–H groups in total. The van der Waals surface area contributed by atoms with Crippen LogP contribution in [-0.4, -0.2) is 23.5 Å². The van der Waals surface area contributed by atoms with E-state index in [1.54, 1.807) is 6.92 Å². The van der Waals surface area contributed by atoms with Gasteiger partial charge in [0.05, 0.1) is 5.92 Å². The first-order chi connectivity index (χ1) is 7.62. The summed E-state index contributed by atoms with van der Waals surface area (Å²) in [5, 5.41) is 11.6. The number of aliphatic carboxylic acids is 1. The predicted octanol–water partition coefficient (Wildman–Crippen LogP) is 1.90. The molecule has 0 radical (unpaired) electrons. The highest BCUT2D eigenvalue weighted by Crippen LogP contribution is 2.68. The Hall–Kier alpha value is -1.06. The van der Waals surface area contributed by atoms with Crippen molar-refractivity contribution in [3.8, 4) is 0 Å². The molecule has 98 valence electrons. The van der Waals surface area contributed by atoms with Crippen LogP contribution in [-0.2, 0) is 9.59 Å². The molecular weight excluding hydrogens is 218 g/mol. The summed E-state index contributed by atoms with van der Waals surface area (Å²) in [4.78, 5) is 22.5. The molecule has 1 amide bonds. The predicted molar refractivity (Wildman–Crippen MR) is 65.5 cm³/mol. The molecule has 0 bridgehead atoms. The normalized spacial score (nSPS) is 22.9. The van der Waals surface area contributed by atoms with Crippen LogP contribution in [0.5, 0.6) is 0 Å². The first-order valence-corrected chi connectivity index (χ1v) is 6.13. The van der Waals surface area contributed by atoms with E-state index in [1.165, 1.54) is 0 Å². The smallest absolute Gasteiger partial charge is 0.306 e. The van der Waals surface area contributed by atoms with Gasteiger partial charge in [-0.25, -0.2) is 0 Å². The van der Waals surface area contributed by atoms with Crippen LogP contribution in [0.25, 0.3) is 0 Å². The highest BCUT2D eigenvalue weighted by molar-refractivity contribution is 5.84. The number of hydrogen-bond donors (Lipinski definition) is 2. The summed E-state index contributed by atoms with van der Waals surface area (Å²) in [5.41, 5.74) is 0.0744. The third kappa shape index (κ3) is 2.45. The zero-order chi connectivity index (χ0) is 13.4. The van der Waals surface area contributed by atoms with Gasteiger partial charge >= 0.3 is 5.97 Å². The Balaban J connectivity index is 2.36. The van der Waals surface area contributed by atoms with E-state index in [9.17, 15) is 9.59 Å². The van der Waals surface area contributed by atoms with Gasteiger partial charge in [0.25, 0.3) is 0 Å². The van der Waals surface area contributed by atoms with Gasteiger partial charge in [0.1, 0.15) is 0 Å². The van der Waals surface area contributed by atoms with Gasteiger partial charge in [-0.05, 0) is 17.3 Å². The average Bonchev–Trinajstić information content (AvgIpc) is 2.56. The maximum absolute atomic E-state index is 11.9. The molecule has 1 atom stereocenters. The molecule has 0 spiro atoms. The number of nitrogens with one attached hydrogen (secondary N) is 1. The highest BCUT2D eigenvalue weighted by atomic mass is 16.4. The molecule has 1 rings (SSSR count). The number of carbonyl (C=O) groups is 2. The van der Waals surface area contributed by atoms with Gasteiger partial charge in [0.2, 0.25) is 5.91 Å². The zero-order valence-corrected chi connectivity index (χ0v) is 11.3. The Morgan fingerprint density at radius 3 is 2.06 bits per heavy atom. The molecular formula is C13H23NO3. The van der Waals surface area contributed by atoms with Crippen molar-refractivity contribution in [3.63, 3.8) is 0 Å². The number of carbonyl (C=O) groups excluding carboxylic acids is 1. The molecule has 0 aromatic rings. The summed E-state index contributed by atoms with van der Waals surface area (Å²) < 4.78 is 0. The fraction of sp³-hybridized carbons (Fsp3) is 0.846. The lowest BCUT2D eigenvalue weighted by atomic mass is 10.0. The second-order valence-electron chi connectivity index (χ2n) is 6.20. The Morgan fingerprint density at radius 2 is 1.71 bits per heavy atom. The summed E-state index contributed by atoms with van der Waals surface area (Å²) in [6, 6.07) is 0. The minimum Gasteiger partial charge on any atom is -0.481 e. The van der Waals surface area contributed by atoms with E-state index < -0.39 is 11.9 Å². The molecule has 0 aromatic heterocycles. The van der Waals surface area contributed by atoms with E-state index in [0.29, 0.717) is 13.0 Å². The molecule has 0 saturated heterocycles. The van der Waals surface area contributed by atoms with Crippen molar-refractivity contribution < 1.29 is 14.7 Å². The van der Waals surface area contributed by atoms with Gasteiger partial charge < -0.3 is 10.4 Å². The van der Waals surface area contributed by atoms with E-state index in [4.69, 9.17) is 5.11 Å². The second-order valence-corrected chi connectivity index (χ2v) is 6.20. The van der Waals surface area contributed by atoms with Crippen LogP contribution < -0.4 is 5.32 Å². The average molecular weight is 241 g/mol. The van der Waals surface area contributed by atoms with E-state index in [0.717, 1.165) is 0 Å². The summed E-state index contributed by atoms with van der Waals surface area (Å²) in [6.45, 7) is 10.5. The number of hydrogen-bond acceptors (Lipinski definition) is 2. The SMILES string of the molecule is CC(CCNC(=O)C1C(C)(C)C1(C)C)C(=O)O. The minimum absolute atomic E-state index is 0.0372. The Labute approximate surface area is 103 Å². The van der Waals surface area contributed by atoms with Gasteiger partial charge in [-0.1, -0.05) is 34.6 Å². The molecule has 1 saturated carbocycles. The fourth-order valence-corrected chi connectivity index (χ4v) is 2.49. The van der Waals surface area contributed by atoms with E-state index in [1.807, 2.05) is 0 Å². The third-order valence-corrected chi connectivity index (χ3v) is 4.58. The molecule has 0 aliphatic heterocycles.